The van der Waals surface area contributed by atoms with Gasteiger partial charge in [-0.1, -0.05) is 0 Å². The maximum atomic E-state index is 13.2. The van der Waals surface area contributed by atoms with Crippen LogP contribution in [0.25, 0.3) is 0 Å². The van der Waals surface area contributed by atoms with Gasteiger partial charge in [0.15, 0.2) is 11.7 Å². The summed E-state index contributed by atoms with van der Waals surface area (Å²) in [6, 6.07) is 9.65. The van der Waals surface area contributed by atoms with Crippen molar-refractivity contribution in [1.29, 1.82) is 0 Å². The number of nitrogens with zero attached hydrogens (tertiary/aromatic N) is 3. The molecular weight excluding hydrogens is 544 g/mol. The summed E-state index contributed by atoms with van der Waals surface area (Å²) >= 11 is 5.12. The van der Waals surface area contributed by atoms with Crippen LogP contribution in [0.3, 0.4) is 0 Å². The minimum absolute atomic E-state index is 0.0617. The Morgan fingerprint density at radius 3 is 2.30 bits per heavy atom. The lowest BCUT2D eigenvalue weighted by Crippen LogP contribution is -2.33. The first-order valence-electron chi connectivity index (χ1n) is 9.92. The molecule has 0 aliphatic carbocycles. The van der Waals surface area contributed by atoms with Crippen LogP contribution in [-0.2, 0) is 10.0 Å². The molecule has 0 aliphatic heterocycles. The zero-order valence-corrected chi connectivity index (χ0v) is 19.9. The number of benzene rings is 2. The van der Waals surface area contributed by atoms with Crippen LogP contribution >= 0.6 is 12.2 Å². The number of halogens is 4. The fourth-order valence-corrected chi connectivity index (χ4v) is 3.82. The number of hydrogen-bond acceptors (Lipinski definition) is 8. The summed E-state index contributed by atoms with van der Waals surface area (Å²) in [5.74, 6) is -5.05. The Hall–Kier alpha value is -4.12. The highest BCUT2D eigenvalue weighted by atomic mass is 32.2. The number of ether oxygens (including phenoxy) is 1. The molecule has 17 heteroatoms. The molecule has 11 nitrogen and oxygen atoms in total. The molecule has 0 saturated heterocycles. The van der Waals surface area contributed by atoms with Crippen LogP contribution in [0, 0.1) is 10.1 Å². The molecule has 3 N–H and O–H groups in total. The summed E-state index contributed by atoms with van der Waals surface area (Å²) in [5, 5.41) is 16.3. The second-order valence-corrected chi connectivity index (χ2v) is 9.20. The molecule has 1 aromatic heterocycles. The van der Waals surface area contributed by atoms with Gasteiger partial charge in [0.25, 0.3) is 15.7 Å². The van der Waals surface area contributed by atoms with E-state index in [0.717, 1.165) is 18.2 Å². The van der Waals surface area contributed by atoms with Crippen molar-refractivity contribution >= 4 is 50.4 Å². The van der Waals surface area contributed by atoms with Crippen molar-refractivity contribution in [1.82, 2.24) is 9.97 Å². The summed E-state index contributed by atoms with van der Waals surface area (Å²) < 4.78 is 82.7. The summed E-state index contributed by atoms with van der Waals surface area (Å²) in [6.07, 6.45) is -1.26. The van der Waals surface area contributed by atoms with E-state index in [0.29, 0.717) is 5.69 Å². The van der Waals surface area contributed by atoms with E-state index in [4.69, 9.17) is 12.2 Å². The number of sulfonamides is 1. The molecule has 0 saturated carbocycles. The highest BCUT2D eigenvalue weighted by Gasteiger charge is 2.41. The Balaban J connectivity index is 1.68. The van der Waals surface area contributed by atoms with Crippen molar-refractivity contribution in [3.63, 3.8) is 0 Å². The van der Waals surface area contributed by atoms with E-state index in [1.165, 1.54) is 42.7 Å². The molecule has 0 fully saturated rings. The standard InChI is InChI=1S/C20H16F4N6O5S2/c21-17(22)20(23,24)11-35-15-9-13(8-14(10-15)30(31)32)28-19(36)27-12-2-4-16(5-3-12)37(33,34)29-18-25-6-1-7-26-18/h1-10,17H,11H2,(H,25,26,29)(H2,27,28,36). The summed E-state index contributed by atoms with van der Waals surface area (Å²) in [5.41, 5.74) is -0.313. The largest absolute Gasteiger partial charge is 0.487 e. The summed E-state index contributed by atoms with van der Waals surface area (Å²) in [6.45, 7) is -1.70. The van der Waals surface area contributed by atoms with E-state index in [2.05, 4.69) is 30.1 Å². The molecule has 3 rings (SSSR count). The smallest absolute Gasteiger partial charge is 0.340 e. The molecule has 196 valence electrons. The zero-order valence-electron chi connectivity index (χ0n) is 18.3. The van der Waals surface area contributed by atoms with Crippen molar-refractivity contribution in [2.45, 2.75) is 17.2 Å². The lowest BCUT2D eigenvalue weighted by Gasteiger charge is -2.17. The van der Waals surface area contributed by atoms with Crippen molar-refractivity contribution in [2.24, 2.45) is 0 Å². The van der Waals surface area contributed by atoms with E-state index in [1.54, 1.807) is 0 Å². The van der Waals surface area contributed by atoms with E-state index < -0.39 is 45.3 Å². The maximum Gasteiger partial charge on any atom is 0.340 e. The number of hydrogen-bond donors (Lipinski definition) is 3. The minimum Gasteiger partial charge on any atom is -0.487 e. The van der Waals surface area contributed by atoms with Crippen molar-refractivity contribution < 1.29 is 35.6 Å². The van der Waals surface area contributed by atoms with E-state index in [-0.39, 0.29) is 21.6 Å². The van der Waals surface area contributed by atoms with Gasteiger partial charge < -0.3 is 15.4 Å². The van der Waals surface area contributed by atoms with Crippen molar-refractivity contribution in [3.05, 3.63) is 71.0 Å². The van der Waals surface area contributed by atoms with Gasteiger partial charge in [-0.25, -0.2) is 31.9 Å². The molecule has 0 spiro atoms. The average molecular weight is 561 g/mol. The Morgan fingerprint density at radius 1 is 1.08 bits per heavy atom. The number of alkyl halides is 4. The van der Waals surface area contributed by atoms with Crippen LogP contribution in [0.2, 0.25) is 0 Å². The SMILES string of the molecule is O=[N+]([O-])c1cc(NC(=S)Nc2ccc(S(=O)(=O)Nc3ncccn3)cc2)cc(OCC(F)(F)C(F)F)c1. The fraction of sp³-hybridized carbons (Fsp3) is 0.150. The van der Waals surface area contributed by atoms with Crippen molar-refractivity contribution in [3.8, 4) is 5.75 Å². The molecule has 3 aromatic rings. The van der Waals surface area contributed by atoms with Gasteiger partial charge in [0.05, 0.1) is 21.6 Å². The Bertz CT molecular complexity index is 1380. The topological polar surface area (TPSA) is 148 Å². The van der Waals surface area contributed by atoms with Gasteiger partial charge in [0.2, 0.25) is 5.95 Å². The number of nitrogens with one attached hydrogen (secondary N) is 3. The molecule has 1 heterocycles. The predicted molar refractivity (Wildman–Crippen MR) is 129 cm³/mol. The normalized spacial score (nSPS) is 11.6. The molecule has 37 heavy (non-hydrogen) atoms. The highest BCUT2D eigenvalue weighted by molar-refractivity contribution is 7.92. The molecule has 0 bridgehead atoms. The molecule has 0 atom stereocenters. The van der Waals surface area contributed by atoms with Gasteiger partial charge in [-0.05, 0) is 42.5 Å². The van der Waals surface area contributed by atoms with E-state index in [1.807, 2.05) is 0 Å². The van der Waals surface area contributed by atoms with Crippen LogP contribution < -0.4 is 20.1 Å². The van der Waals surface area contributed by atoms with Crippen molar-refractivity contribution in [2.75, 3.05) is 22.0 Å². The molecule has 0 radical (unpaired) electrons. The average Bonchev–Trinajstić information content (AvgIpc) is 2.83. The third-order valence-electron chi connectivity index (χ3n) is 4.32. The van der Waals surface area contributed by atoms with Crippen LogP contribution in [0.4, 0.5) is 40.6 Å². The lowest BCUT2D eigenvalue weighted by atomic mass is 10.2. The number of aromatic nitrogens is 2. The Labute approximate surface area is 212 Å². The number of thiocarbonyl (C=S) groups is 1. The summed E-state index contributed by atoms with van der Waals surface area (Å²) in [7, 11) is -3.98. The van der Waals surface area contributed by atoms with Gasteiger partial charge >= 0.3 is 12.3 Å². The van der Waals surface area contributed by atoms with Gasteiger partial charge in [0, 0.05) is 30.2 Å². The third-order valence-corrected chi connectivity index (χ3v) is 5.87. The predicted octanol–water partition coefficient (Wildman–Crippen LogP) is 4.27. The van der Waals surface area contributed by atoms with Crippen LogP contribution in [0.1, 0.15) is 0 Å². The van der Waals surface area contributed by atoms with E-state index >= 15 is 0 Å². The van der Waals surface area contributed by atoms with Crippen LogP contribution in [-0.4, -0.2) is 47.4 Å². The van der Waals surface area contributed by atoms with Gasteiger partial charge in [0.1, 0.15) is 5.75 Å². The lowest BCUT2D eigenvalue weighted by molar-refractivity contribution is -0.384. The number of nitro groups is 1. The third kappa shape index (κ3) is 7.68. The first kappa shape index (κ1) is 27.5. The minimum atomic E-state index is -4.46. The maximum absolute atomic E-state index is 13.2. The number of rotatable bonds is 10. The first-order chi connectivity index (χ1) is 17.4. The Morgan fingerprint density at radius 2 is 1.70 bits per heavy atom. The highest BCUT2D eigenvalue weighted by Crippen LogP contribution is 2.29. The number of nitro benzene ring substituents is 1. The van der Waals surface area contributed by atoms with E-state index in [9.17, 15) is 36.1 Å². The molecule has 2 aromatic carbocycles. The fourth-order valence-electron chi connectivity index (χ4n) is 2.63. The number of non-ortho nitro benzene ring substituents is 1. The summed E-state index contributed by atoms with van der Waals surface area (Å²) in [4.78, 5) is 17.8. The second kappa shape index (κ2) is 11.3. The molecular formula is C20H16F4N6O5S2. The monoisotopic (exact) mass is 560 g/mol. The molecule has 0 amide bonds. The number of anilines is 3. The second-order valence-electron chi connectivity index (χ2n) is 7.10. The van der Waals surface area contributed by atoms with Gasteiger partial charge in [-0.15, -0.1) is 0 Å². The van der Waals surface area contributed by atoms with Gasteiger partial charge in [-0.3, -0.25) is 10.1 Å². The quantitative estimate of drug-likeness (QED) is 0.142. The first-order valence-corrected chi connectivity index (χ1v) is 11.8. The Kier molecular flexibility index (Phi) is 8.38. The zero-order chi connectivity index (χ0) is 27.2. The van der Waals surface area contributed by atoms with Gasteiger partial charge in [-0.2, -0.15) is 8.78 Å². The van der Waals surface area contributed by atoms with Crippen LogP contribution in [0.15, 0.2) is 65.8 Å². The molecule has 0 unspecified atom stereocenters. The van der Waals surface area contributed by atoms with Crippen LogP contribution in [0.5, 0.6) is 5.75 Å². The molecule has 0 aliphatic rings.